The minimum atomic E-state index is -1.15. The lowest BCUT2D eigenvalue weighted by molar-refractivity contribution is -0.133. The predicted octanol–water partition coefficient (Wildman–Crippen LogP) is 3.24. The standard InChI is InChI=1S/C15H15BrFNO3/c16-11-6-13(12(17)5-10(11)14(20)21)18-3-1-15(2-4-18)7-9(19)8-15/h5-6H,1-4,7-8H2,(H,20,21). The number of nitrogens with zero attached hydrogens (tertiary/aromatic N) is 1. The first-order valence-corrected chi connectivity index (χ1v) is 7.68. The van der Waals surface area contributed by atoms with E-state index in [1.807, 2.05) is 4.90 Å². The normalized spacial score (nSPS) is 20.5. The number of rotatable bonds is 2. The second kappa shape index (κ2) is 5.09. The van der Waals surface area contributed by atoms with Crippen LogP contribution in [0.2, 0.25) is 0 Å². The van der Waals surface area contributed by atoms with E-state index in [1.165, 1.54) is 6.07 Å². The smallest absolute Gasteiger partial charge is 0.336 e. The van der Waals surface area contributed by atoms with Crippen LogP contribution in [0.15, 0.2) is 16.6 Å². The molecule has 1 aliphatic heterocycles. The van der Waals surface area contributed by atoms with E-state index in [0.29, 0.717) is 41.9 Å². The maximum absolute atomic E-state index is 14.1. The van der Waals surface area contributed by atoms with Gasteiger partial charge < -0.3 is 10.0 Å². The van der Waals surface area contributed by atoms with Crippen molar-refractivity contribution in [2.24, 2.45) is 5.41 Å². The third kappa shape index (κ3) is 2.57. The topological polar surface area (TPSA) is 57.6 Å². The third-order valence-electron chi connectivity index (χ3n) is 4.58. The lowest BCUT2D eigenvalue weighted by atomic mass is 9.62. The lowest BCUT2D eigenvalue weighted by Gasteiger charge is -2.47. The van der Waals surface area contributed by atoms with Crippen molar-refractivity contribution in [2.45, 2.75) is 25.7 Å². The number of hydrogen-bond acceptors (Lipinski definition) is 3. The molecule has 2 aliphatic rings. The van der Waals surface area contributed by atoms with Gasteiger partial charge in [0.1, 0.15) is 11.6 Å². The average Bonchev–Trinajstić information content (AvgIpc) is 2.40. The van der Waals surface area contributed by atoms with E-state index < -0.39 is 11.8 Å². The second-order valence-electron chi connectivity index (χ2n) is 5.97. The van der Waals surface area contributed by atoms with Crippen LogP contribution in [0, 0.1) is 11.2 Å². The lowest BCUT2D eigenvalue weighted by Crippen LogP contribution is -2.47. The fraction of sp³-hybridized carbons (Fsp3) is 0.467. The molecule has 1 heterocycles. The van der Waals surface area contributed by atoms with Gasteiger partial charge in [-0.15, -0.1) is 0 Å². The number of Topliss-reactive ketones (excluding diaryl/α,β-unsaturated/α-hetero) is 1. The average molecular weight is 356 g/mol. The summed E-state index contributed by atoms with van der Waals surface area (Å²) in [5, 5.41) is 8.98. The molecule has 0 radical (unpaired) electrons. The number of carbonyl (C=O) groups is 2. The SMILES string of the molecule is O=C1CC2(CCN(c3cc(Br)c(C(=O)O)cc3F)CC2)C1. The summed E-state index contributed by atoms with van der Waals surface area (Å²) in [7, 11) is 0. The first-order chi connectivity index (χ1) is 9.90. The Bertz CT molecular complexity index is 614. The van der Waals surface area contributed by atoms with Gasteiger partial charge in [0.25, 0.3) is 0 Å². The van der Waals surface area contributed by atoms with E-state index in [-0.39, 0.29) is 11.0 Å². The Hall–Kier alpha value is -1.43. The fourth-order valence-electron chi connectivity index (χ4n) is 3.30. The Morgan fingerprint density at radius 3 is 2.43 bits per heavy atom. The van der Waals surface area contributed by atoms with Crippen LogP contribution < -0.4 is 4.90 Å². The first kappa shape index (κ1) is 14.5. The number of carbonyl (C=O) groups excluding carboxylic acids is 1. The summed E-state index contributed by atoms with van der Waals surface area (Å²) in [6.45, 7) is 1.39. The number of carboxylic acid groups (broad SMARTS) is 1. The van der Waals surface area contributed by atoms with Crippen LogP contribution in [0.1, 0.15) is 36.0 Å². The van der Waals surface area contributed by atoms with Crippen LogP contribution in [-0.2, 0) is 4.79 Å². The molecule has 1 aromatic rings. The zero-order chi connectivity index (χ0) is 15.2. The molecule has 0 atom stereocenters. The zero-order valence-electron chi connectivity index (χ0n) is 11.4. The molecule has 1 aromatic carbocycles. The molecule has 112 valence electrons. The maximum Gasteiger partial charge on any atom is 0.336 e. The van der Waals surface area contributed by atoms with Gasteiger partial charge in [-0.2, -0.15) is 0 Å². The highest BCUT2D eigenvalue weighted by Crippen LogP contribution is 2.47. The van der Waals surface area contributed by atoms with Crippen LogP contribution in [0.25, 0.3) is 0 Å². The molecule has 3 rings (SSSR count). The molecular formula is C15H15BrFNO3. The maximum atomic E-state index is 14.1. The number of ketones is 1. The van der Waals surface area contributed by atoms with Crippen molar-refractivity contribution in [3.05, 3.63) is 28.0 Å². The molecule has 4 nitrogen and oxygen atoms in total. The predicted molar refractivity (Wildman–Crippen MR) is 79.2 cm³/mol. The van der Waals surface area contributed by atoms with E-state index in [4.69, 9.17) is 5.11 Å². The van der Waals surface area contributed by atoms with Crippen LogP contribution in [0.3, 0.4) is 0 Å². The third-order valence-corrected chi connectivity index (χ3v) is 5.23. The largest absolute Gasteiger partial charge is 0.478 e. The van der Waals surface area contributed by atoms with Crippen molar-refractivity contribution >= 4 is 33.4 Å². The Kier molecular flexibility index (Phi) is 3.51. The van der Waals surface area contributed by atoms with Crippen molar-refractivity contribution in [3.8, 4) is 0 Å². The van der Waals surface area contributed by atoms with Crippen molar-refractivity contribution in [1.29, 1.82) is 0 Å². The van der Waals surface area contributed by atoms with Crippen molar-refractivity contribution < 1.29 is 19.1 Å². The first-order valence-electron chi connectivity index (χ1n) is 6.89. The summed E-state index contributed by atoms with van der Waals surface area (Å²) in [4.78, 5) is 24.1. The molecule has 1 spiro atoms. The summed E-state index contributed by atoms with van der Waals surface area (Å²) in [6, 6.07) is 2.59. The van der Waals surface area contributed by atoms with Crippen LogP contribution >= 0.6 is 15.9 Å². The van der Waals surface area contributed by atoms with Crippen molar-refractivity contribution in [3.63, 3.8) is 0 Å². The minimum absolute atomic E-state index is 0.0747. The van der Waals surface area contributed by atoms with Crippen LogP contribution in [-0.4, -0.2) is 29.9 Å². The summed E-state index contributed by atoms with van der Waals surface area (Å²) >= 11 is 3.18. The molecule has 1 N–H and O–H groups in total. The van der Waals surface area contributed by atoms with Gasteiger partial charge in [-0.1, -0.05) is 0 Å². The molecule has 0 amide bonds. The Morgan fingerprint density at radius 2 is 1.90 bits per heavy atom. The van der Waals surface area contributed by atoms with Gasteiger partial charge in [-0.3, -0.25) is 4.79 Å². The van der Waals surface area contributed by atoms with Gasteiger partial charge in [0.05, 0.1) is 11.3 Å². The minimum Gasteiger partial charge on any atom is -0.478 e. The molecule has 0 bridgehead atoms. The number of hydrogen-bond donors (Lipinski definition) is 1. The van der Waals surface area contributed by atoms with Crippen LogP contribution in [0.4, 0.5) is 10.1 Å². The highest BCUT2D eigenvalue weighted by Gasteiger charge is 2.45. The molecule has 0 unspecified atom stereocenters. The van der Waals surface area contributed by atoms with Crippen molar-refractivity contribution in [2.75, 3.05) is 18.0 Å². The van der Waals surface area contributed by atoms with Gasteiger partial charge in [-0.25, -0.2) is 9.18 Å². The Morgan fingerprint density at radius 1 is 1.29 bits per heavy atom. The highest BCUT2D eigenvalue weighted by atomic mass is 79.9. The monoisotopic (exact) mass is 355 g/mol. The number of carboxylic acids is 1. The van der Waals surface area contributed by atoms with Gasteiger partial charge in [0, 0.05) is 30.4 Å². The highest BCUT2D eigenvalue weighted by molar-refractivity contribution is 9.10. The summed E-state index contributed by atoms with van der Waals surface area (Å²) in [6.07, 6.45) is 3.09. The van der Waals surface area contributed by atoms with E-state index in [1.54, 1.807) is 0 Å². The molecule has 1 aliphatic carbocycles. The van der Waals surface area contributed by atoms with E-state index in [9.17, 15) is 14.0 Å². The Labute approximate surface area is 130 Å². The van der Waals surface area contributed by atoms with Gasteiger partial charge in [0.2, 0.25) is 0 Å². The number of piperidine rings is 1. The van der Waals surface area contributed by atoms with Crippen molar-refractivity contribution in [1.82, 2.24) is 0 Å². The fourth-order valence-corrected chi connectivity index (χ4v) is 3.80. The molecule has 0 aromatic heterocycles. The number of benzene rings is 1. The molecular weight excluding hydrogens is 341 g/mol. The second-order valence-corrected chi connectivity index (χ2v) is 6.82. The summed E-state index contributed by atoms with van der Waals surface area (Å²) in [5.41, 5.74) is 0.490. The number of halogens is 2. The molecule has 6 heteroatoms. The van der Waals surface area contributed by atoms with Gasteiger partial charge in [-0.05, 0) is 46.3 Å². The quantitative estimate of drug-likeness (QED) is 0.884. The zero-order valence-corrected chi connectivity index (χ0v) is 13.0. The van der Waals surface area contributed by atoms with Gasteiger partial charge >= 0.3 is 5.97 Å². The summed E-state index contributed by atoms with van der Waals surface area (Å²) in [5.74, 6) is -1.35. The van der Waals surface area contributed by atoms with Gasteiger partial charge in [0.15, 0.2) is 0 Å². The number of aromatic carboxylic acids is 1. The van der Waals surface area contributed by atoms with Crippen LogP contribution in [0.5, 0.6) is 0 Å². The molecule has 21 heavy (non-hydrogen) atoms. The molecule has 1 saturated carbocycles. The van der Waals surface area contributed by atoms with E-state index >= 15 is 0 Å². The number of anilines is 1. The van der Waals surface area contributed by atoms with E-state index in [2.05, 4.69) is 15.9 Å². The van der Waals surface area contributed by atoms with E-state index in [0.717, 1.165) is 18.9 Å². The summed E-state index contributed by atoms with van der Waals surface area (Å²) < 4.78 is 14.5. The Balaban J connectivity index is 1.78. The molecule has 1 saturated heterocycles. The molecule has 2 fully saturated rings.